The van der Waals surface area contributed by atoms with Crippen molar-refractivity contribution < 1.29 is 13.2 Å². The van der Waals surface area contributed by atoms with Gasteiger partial charge in [0.25, 0.3) is 0 Å². The summed E-state index contributed by atoms with van der Waals surface area (Å²) in [6.45, 7) is 3.26. The quantitative estimate of drug-likeness (QED) is 0.873. The lowest BCUT2D eigenvalue weighted by atomic mass is 10.2. The van der Waals surface area contributed by atoms with Gasteiger partial charge in [0.2, 0.25) is 0 Å². The number of aromatic nitrogens is 4. The van der Waals surface area contributed by atoms with Gasteiger partial charge < -0.3 is 9.88 Å². The first kappa shape index (κ1) is 12.5. The van der Waals surface area contributed by atoms with Crippen LogP contribution in [0.1, 0.15) is 24.5 Å². The first-order valence-electron chi connectivity index (χ1n) is 5.64. The number of halogens is 3. The van der Waals surface area contributed by atoms with E-state index in [9.17, 15) is 13.2 Å². The molecule has 0 spiro atoms. The molecule has 0 radical (unpaired) electrons. The molecule has 9 heteroatoms. The van der Waals surface area contributed by atoms with Crippen LogP contribution in [0, 0.1) is 0 Å². The minimum Gasteiger partial charge on any atom is -0.308 e. The minimum atomic E-state index is -4.42. The fourth-order valence-corrected chi connectivity index (χ4v) is 2.85. The van der Waals surface area contributed by atoms with Crippen molar-refractivity contribution in [3.8, 4) is 10.8 Å². The van der Waals surface area contributed by atoms with E-state index in [-0.39, 0.29) is 11.0 Å². The van der Waals surface area contributed by atoms with Crippen LogP contribution in [0.2, 0.25) is 0 Å². The lowest BCUT2D eigenvalue weighted by Crippen LogP contribution is -2.31. The van der Waals surface area contributed by atoms with E-state index in [1.165, 1.54) is 0 Å². The Kier molecular flexibility index (Phi) is 2.82. The summed E-state index contributed by atoms with van der Waals surface area (Å²) in [6.07, 6.45) is -4.42. The molecular weight excluding hydrogens is 279 g/mol. The van der Waals surface area contributed by atoms with Gasteiger partial charge >= 0.3 is 6.18 Å². The molecule has 0 saturated carbocycles. The summed E-state index contributed by atoms with van der Waals surface area (Å²) in [5.74, 6) is 1.13. The van der Waals surface area contributed by atoms with Gasteiger partial charge in [-0.15, -0.1) is 21.5 Å². The molecule has 102 valence electrons. The molecule has 1 aliphatic heterocycles. The zero-order valence-corrected chi connectivity index (χ0v) is 10.7. The van der Waals surface area contributed by atoms with E-state index in [0.717, 1.165) is 29.1 Å². The largest absolute Gasteiger partial charge is 0.434 e. The fraction of sp³-hybridized carbons (Fsp3) is 0.500. The highest BCUT2D eigenvalue weighted by Gasteiger charge is 2.34. The van der Waals surface area contributed by atoms with Crippen LogP contribution in [-0.4, -0.2) is 26.3 Å². The molecule has 5 nitrogen and oxygen atoms in total. The number of alkyl halides is 3. The van der Waals surface area contributed by atoms with Gasteiger partial charge in [-0.3, -0.25) is 0 Å². The third-order valence-corrected chi connectivity index (χ3v) is 3.75. The smallest absolute Gasteiger partial charge is 0.308 e. The maximum absolute atomic E-state index is 12.5. The fourth-order valence-electron chi connectivity index (χ4n) is 2.04. The molecule has 0 aliphatic carbocycles. The highest BCUT2D eigenvalue weighted by Crippen LogP contribution is 2.34. The van der Waals surface area contributed by atoms with Crippen LogP contribution >= 0.6 is 11.3 Å². The van der Waals surface area contributed by atoms with Crippen LogP contribution in [0.4, 0.5) is 13.2 Å². The van der Waals surface area contributed by atoms with Gasteiger partial charge in [0, 0.05) is 18.0 Å². The summed E-state index contributed by atoms with van der Waals surface area (Å²) in [6, 6.07) is 0.0898. The number of nitrogens with one attached hydrogen (secondary N) is 1. The van der Waals surface area contributed by atoms with E-state index in [2.05, 4.69) is 20.5 Å². The Balaban J connectivity index is 2.04. The van der Waals surface area contributed by atoms with E-state index < -0.39 is 11.9 Å². The van der Waals surface area contributed by atoms with E-state index >= 15 is 0 Å². The van der Waals surface area contributed by atoms with Crippen molar-refractivity contribution in [2.45, 2.75) is 25.7 Å². The maximum Gasteiger partial charge on any atom is 0.434 e. The summed E-state index contributed by atoms with van der Waals surface area (Å²) in [5, 5.41) is 12.4. The van der Waals surface area contributed by atoms with E-state index in [1.807, 2.05) is 11.5 Å². The third kappa shape index (κ3) is 2.12. The number of hydrogen-bond donors (Lipinski definition) is 1. The number of nitrogens with zero attached hydrogens (tertiary/aromatic N) is 4. The molecule has 1 aliphatic rings. The molecule has 0 bridgehead atoms. The molecule has 1 atom stereocenters. The summed E-state index contributed by atoms with van der Waals surface area (Å²) in [7, 11) is 0. The first-order valence-corrected chi connectivity index (χ1v) is 6.52. The van der Waals surface area contributed by atoms with Gasteiger partial charge in [-0.05, 0) is 6.92 Å². The molecular formula is C10H10F3N5S. The Morgan fingerprint density at radius 2 is 2.21 bits per heavy atom. The van der Waals surface area contributed by atoms with Gasteiger partial charge in [0.15, 0.2) is 16.5 Å². The van der Waals surface area contributed by atoms with E-state index in [0.29, 0.717) is 12.4 Å². The predicted octanol–water partition coefficient (Wildman–Crippen LogP) is 2.08. The maximum atomic E-state index is 12.5. The SMILES string of the molecule is CC1CNCc2nnc(-c3nc(C(F)(F)F)cs3)n21. The van der Waals surface area contributed by atoms with Gasteiger partial charge in [-0.25, -0.2) is 4.98 Å². The average molecular weight is 289 g/mol. The van der Waals surface area contributed by atoms with Crippen LogP contribution in [0.3, 0.4) is 0 Å². The molecule has 0 amide bonds. The highest BCUT2D eigenvalue weighted by molar-refractivity contribution is 7.13. The molecule has 0 saturated heterocycles. The third-order valence-electron chi connectivity index (χ3n) is 2.92. The molecule has 0 aromatic carbocycles. The molecule has 1 N–H and O–H groups in total. The molecule has 19 heavy (non-hydrogen) atoms. The Hall–Kier alpha value is -1.48. The highest BCUT2D eigenvalue weighted by atomic mass is 32.1. The second-order valence-corrected chi connectivity index (χ2v) is 5.18. The van der Waals surface area contributed by atoms with Crippen molar-refractivity contribution in [3.63, 3.8) is 0 Å². The van der Waals surface area contributed by atoms with Crippen molar-refractivity contribution >= 4 is 11.3 Å². The van der Waals surface area contributed by atoms with Crippen LogP contribution < -0.4 is 5.32 Å². The summed E-state index contributed by atoms with van der Waals surface area (Å²) in [5.41, 5.74) is -0.883. The number of thiazole rings is 1. The molecule has 2 aromatic rings. The second-order valence-electron chi connectivity index (χ2n) is 4.33. The number of hydrogen-bond acceptors (Lipinski definition) is 5. The molecule has 3 heterocycles. The Morgan fingerprint density at radius 3 is 2.89 bits per heavy atom. The molecule has 1 unspecified atom stereocenters. The Labute approximate surface area is 110 Å². The van der Waals surface area contributed by atoms with Crippen molar-refractivity contribution in [1.82, 2.24) is 25.1 Å². The van der Waals surface area contributed by atoms with Crippen molar-refractivity contribution in [2.75, 3.05) is 6.54 Å². The standard InChI is InChI=1S/C10H10F3N5S/c1-5-2-14-3-7-16-17-8(18(5)7)9-15-6(4-19-9)10(11,12)13/h4-5,14H,2-3H2,1H3. The normalized spacial score (nSPS) is 19.5. The van der Waals surface area contributed by atoms with Crippen LogP contribution in [0.5, 0.6) is 0 Å². The van der Waals surface area contributed by atoms with Gasteiger partial charge in [-0.1, -0.05) is 0 Å². The van der Waals surface area contributed by atoms with Crippen molar-refractivity contribution in [1.29, 1.82) is 0 Å². The summed E-state index contributed by atoms with van der Waals surface area (Å²) in [4.78, 5) is 3.62. The average Bonchev–Trinajstić information content (AvgIpc) is 2.93. The monoisotopic (exact) mass is 289 g/mol. The Bertz CT molecular complexity index is 603. The second kappa shape index (κ2) is 4.27. The van der Waals surface area contributed by atoms with Crippen LogP contribution in [-0.2, 0) is 12.7 Å². The van der Waals surface area contributed by atoms with Crippen molar-refractivity contribution in [2.24, 2.45) is 0 Å². The van der Waals surface area contributed by atoms with Gasteiger partial charge in [0.05, 0.1) is 6.54 Å². The van der Waals surface area contributed by atoms with Crippen molar-refractivity contribution in [3.05, 3.63) is 16.9 Å². The molecule has 0 fully saturated rings. The summed E-state index contributed by atoms with van der Waals surface area (Å²) >= 11 is 0.934. The topological polar surface area (TPSA) is 55.6 Å². The lowest BCUT2D eigenvalue weighted by molar-refractivity contribution is -0.140. The predicted molar refractivity (Wildman–Crippen MR) is 62.5 cm³/mol. The number of fused-ring (bicyclic) bond motifs is 1. The zero-order chi connectivity index (χ0) is 13.6. The van der Waals surface area contributed by atoms with Gasteiger partial charge in [0.1, 0.15) is 5.82 Å². The van der Waals surface area contributed by atoms with Crippen LogP contribution in [0.25, 0.3) is 10.8 Å². The molecule has 3 rings (SSSR count). The number of rotatable bonds is 1. The zero-order valence-electron chi connectivity index (χ0n) is 9.90. The lowest BCUT2D eigenvalue weighted by Gasteiger charge is -2.22. The first-order chi connectivity index (χ1) is 8.97. The minimum absolute atomic E-state index is 0.0898. The Morgan fingerprint density at radius 1 is 1.42 bits per heavy atom. The summed E-state index contributed by atoms with van der Waals surface area (Å²) < 4.78 is 39.5. The van der Waals surface area contributed by atoms with E-state index in [4.69, 9.17) is 0 Å². The van der Waals surface area contributed by atoms with E-state index in [1.54, 1.807) is 0 Å². The van der Waals surface area contributed by atoms with Crippen LogP contribution in [0.15, 0.2) is 5.38 Å². The van der Waals surface area contributed by atoms with Gasteiger partial charge in [-0.2, -0.15) is 13.2 Å². The molecule has 2 aromatic heterocycles.